The molecule has 3 atom stereocenters. The van der Waals surface area contributed by atoms with E-state index in [2.05, 4.69) is 20.8 Å². The van der Waals surface area contributed by atoms with Crippen molar-refractivity contribution in [3.63, 3.8) is 0 Å². The molecule has 1 saturated carbocycles. The first-order valence-corrected chi connectivity index (χ1v) is 6.77. The van der Waals surface area contributed by atoms with Gasteiger partial charge in [-0.15, -0.1) is 0 Å². The van der Waals surface area contributed by atoms with Gasteiger partial charge in [-0.1, -0.05) is 59.3 Å². The Morgan fingerprint density at radius 3 is 2.57 bits per heavy atom. The molecular formula is C14H28. The molecule has 0 spiro atoms. The summed E-state index contributed by atoms with van der Waals surface area (Å²) >= 11 is 0. The van der Waals surface area contributed by atoms with Crippen molar-refractivity contribution in [2.45, 2.75) is 72.1 Å². The maximum atomic E-state index is 2.47. The third-order valence-corrected chi connectivity index (χ3v) is 4.10. The molecule has 0 nitrogen and oxygen atoms in total. The summed E-state index contributed by atoms with van der Waals surface area (Å²) in [5.74, 6) is 3.14. The summed E-state index contributed by atoms with van der Waals surface area (Å²) in [6.07, 6.45) is 11.8. The first-order chi connectivity index (χ1) is 6.77. The Bertz CT molecular complexity index is 139. The molecule has 84 valence electrons. The Balaban J connectivity index is 2.19. The Labute approximate surface area is 90.5 Å². The lowest BCUT2D eigenvalue weighted by Crippen LogP contribution is -2.08. The molecule has 0 aliphatic heterocycles. The molecule has 0 aromatic heterocycles. The summed E-state index contributed by atoms with van der Waals surface area (Å²) < 4.78 is 0. The molecule has 1 aliphatic carbocycles. The van der Waals surface area contributed by atoms with Gasteiger partial charge in [0.1, 0.15) is 0 Å². The summed E-state index contributed by atoms with van der Waals surface area (Å²) in [7, 11) is 0. The maximum Gasteiger partial charge on any atom is -0.0386 e. The zero-order valence-corrected chi connectivity index (χ0v) is 10.4. The van der Waals surface area contributed by atoms with Crippen LogP contribution in [-0.2, 0) is 0 Å². The van der Waals surface area contributed by atoms with E-state index in [-0.39, 0.29) is 0 Å². The highest BCUT2D eigenvalue weighted by molar-refractivity contribution is 4.78. The molecule has 1 fully saturated rings. The number of unbranched alkanes of at least 4 members (excludes halogenated alkanes) is 1. The topological polar surface area (TPSA) is 0 Å². The van der Waals surface area contributed by atoms with Gasteiger partial charge in [0, 0.05) is 0 Å². The van der Waals surface area contributed by atoms with Gasteiger partial charge in [0.2, 0.25) is 0 Å². The highest BCUT2D eigenvalue weighted by atomic mass is 14.3. The van der Waals surface area contributed by atoms with Crippen LogP contribution in [0.3, 0.4) is 0 Å². The van der Waals surface area contributed by atoms with Crippen LogP contribution in [0.15, 0.2) is 0 Å². The average Bonchev–Trinajstić information content (AvgIpc) is 2.63. The summed E-state index contributed by atoms with van der Waals surface area (Å²) in [5.41, 5.74) is 0. The summed E-state index contributed by atoms with van der Waals surface area (Å²) in [6.45, 7) is 7.10. The first-order valence-electron chi connectivity index (χ1n) is 6.77. The highest BCUT2D eigenvalue weighted by Gasteiger charge is 2.27. The van der Waals surface area contributed by atoms with Crippen LogP contribution in [-0.4, -0.2) is 0 Å². The molecule has 0 aromatic rings. The van der Waals surface area contributed by atoms with Crippen LogP contribution in [0.4, 0.5) is 0 Å². The summed E-state index contributed by atoms with van der Waals surface area (Å²) in [4.78, 5) is 0. The van der Waals surface area contributed by atoms with Crippen LogP contribution in [0.5, 0.6) is 0 Å². The minimum Gasteiger partial charge on any atom is -0.0654 e. The van der Waals surface area contributed by atoms with Gasteiger partial charge in [-0.2, -0.15) is 0 Å². The van der Waals surface area contributed by atoms with Crippen molar-refractivity contribution in [3.05, 3.63) is 0 Å². The molecule has 0 radical (unpaired) electrons. The molecule has 0 heterocycles. The van der Waals surface area contributed by atoms with Crippen LogP contribution in [0, 0.1) is 17.8 Å². The van der Waals surface area contributed by atoms with Gasteiger partial charge in [0.25, 0.3) is 0 Å². The van der Waals surface area contributed by atoms with Crippen molar-refractivity contribution in [2.24, 2.45) is 17.8 Å². The van der Waals surface area contributed by atoms with Gasteiger partial charge in [0.05, 0.1) is 0 Å². The standard InChI is InChI=1S/C14H28/c1-4-6-8-13-9-10-14(11-13)12(3)7-5-2/h12-14H,4-11H2,1-3H3/t12-,13+,14-/m1/s1. The van der Waals surface area contributed by atoms with E-state index < -0.39 is 0 Å². The van der Waals surface area contributed by atoms with Crippen molar-refractivity contribution in [2.75, 3.05) is 0 Å². The monoisotopic (exact) mass is 196 g/mol. The van der Waals surface area contributed by atoms with Crippen molar-refractivity contribution < 1.29 is 0 Å². The van der Waals surface area contributed by atoms with Crippen LogP contribution < -0.4 is 0 Å². The third-order valence-electron chi connectivity index (χ3n) is 4.10. The van der Waals surface area contributed by atoms with E-state index in [9.17, 15) is 0 Å². The van der Waals surface area contributed by atoms with Gasteiger partial charge in [-0.25, -0.2) is 0 Å². The Morgan fingerprint density at radius 2 is 1.93 bits per heavy atom. The second-order valence-corrected chi connectivity index (χ2v) is 5.35. The third kappa shape index (κ3) is 3.63. The van der Waals surface area contributed by atoms with Gasteiger partial charge >= 0.3 is 0 Å². The van der Waals surface area contributed by atoms with Crippen molar-refractivity contribution in [1.82, 2.24) is 0 Å². The van der Waals surface area contributed by atoms with Crippen LogP contribution in [0.1, 0.15) is 72.1 Å². The molecule has 14 heavy (non-hydrogen) atoms. The molecule has 1 aliphatic rings. The normalized spacial score (nSPS) is 29.4. The van der Waals surface area contributed by atoms with Gasteiger partial charge in [-0.05, 0) is 30.6 Å². The molecule has 0 aromatic carbocycles. The fourth-order valence-corrected chi connectivity index (χ4v) is 3.08. The van der Waals surface area contributed by atoms with E-state index in [0.717, 1.165) is 17.8 Å². The Kier molecular flexibility index (Phi) is 5.59. The average molecular weight is 196 g/mol. The molecule has 0 saturated heterocycles. The predicted molar refractivity (Wildman–Crippen MR) is 64.4 cm³/mol. The molecule has 1 rings (SSSR count). The van der Waals surface area contributed by atoms with Crippen molar-refractivity contribution in [1.29, 1.82) is 0 Å². The fourth-order valence-electron chi connectivity index (χ4n) is 3.08. The smallest absolute Gasteiger partial charge is 0.0386 e. The lowest BCUT2D eigenvalue weighted by molar-refractivity contribution is 0.327. The quantitative estimate of drug-likeness (QED) is 0.559. The number of rotatable bonds is 6. The second-order valence-electron chi connectivity index (χ2n) is 5.35. The van der Waals surface area contributed by atoms with Crippen LogP contribution in [0.25, 0.3) is 0 Å². The van der Waals surface area contributed by atoms with Crippen molar-refractivity contribution in [3.8, 4) is 0 Å². The van der Waals surface area contributed by atoms with E-state index in [4.69, 9.17) is 0 Å². The Hall–Kier alpha value is 0. The lowest BCUT2D eigenvalue weighted by Gasteiger charge is -2.18. The summed E-state index contributed by atoms with van der Waals surface area (Å²) in [5, 5.41) is 0. The minimum absolute atomic E-state index is 0.992. The minimum atomic E-state index is 0.992. The van der Waals surface area contributed by atoms with E-state index in [0.29, 0.717) is 0 Å². The fraction of sp³-hybridized carbons (Fsp3) is 1.00. The van der Waals surface area contributed by atoms with E-state index in [1.165, 1.54) is 44.9 Å². The number of hydrogen-bond donors (Lipinski definition) is 0. The summed E-state index contributed by atoms with van der Waals surface area (Å²) in [6, 6.07) is 0. The second kappa shape index (κ2) is 6.48. The molecule has 0 heteroatoms. The van der Waals surface area contributed by atoms with Crippen LogP contribution >= 0.6 is 0 Å². The van der Waals surface area contributed by atoms with E-state index >= 15 is 0 Å². The largest absolute Gasteiger partial charge is 0.0654 e. The first kappa shape index (κ1) is 12.1. The zero-order chi connectivity index (χ0) is 10.4. The SMILES string of the molecule is CCCC[C@H]1CC[C@@H]([C@H](C)CCC)C1. The Morgan fingerprint density at radius 1 is 1.14 bits per heavy atom. The molecule has 0 bridgehead atoms. The predicted octanol–water partition coefficient (Wildman–Crippen LogP) is 5.03. The molecular weight excluding hydrogens is 168 g/mol. The lowest BCUT2D eigenvalue weighted by atomic mass is 9.88. The van der Waals surface area contributed by atoms with Gasteiger partial charge in [-0.3, -0.25) is 0 Å². The van der Waals surface area contributed by atoms with E-state index in [1.54, 1.807) is 6.42 Å². The molecule has 0 amide bonds. The molecule has 0 N–H and O–H groups in total. The molecule has 0 unspecified atom stereocenters. The maximum absolute atomic E-state index is 2.47. The van der Waals surface area contributed by atoms with Gasteiger partial charge in [0.15, 0.2) is 0 Å². The zero-order valence-electron chi connectivity index (χ0n) is 10.4. The van der Waals surface area contributed by atoms with E-state index in [1.807, 2.05) is 0 Å². The highest BCUT2D eigenvalue weighted by Crippen LogP contribution is 2.39. The van der Waals surface area contributed by atoms with Gasteiger partial charge < -0.3 is 0 Å². The number of hydrogen-bond acceptors (Lipinski definition) is 0. The van der Waals surface area contributed by atoms with Crippen molar-refractivity contribution >= 4 is 0 Å². The van der Waals surface area contributed by atoms with Crippen LogP contribution in [0.2, 0.25) is 0 Å².